The Morgan fingerprint density at radius 3 is 2.20 bits per heavy atom. The van der Waals surface area contributed by atoms with E-state index in [-0.39, 0.29) is 26.8 Å². The summed E-state index contributed by atoms with van der Waals surface area (Å²) in [6, 6.07) is 9.13. The number of unbranched alkanes of at least 4 members (excludes halogenated alkanes) is 5. The molecule has 0 heterocycles. The first-order valence-electron chi connectivity index (χ1n) is 7.05. The van der Waals surface area contributed by atoms with Crippen LogP contribution in [0.15, 0.2) is 30.3 Å². The second-order valence-electron chi connectivity index (χ2n) is 4.78. The zero-order valence-corrected chi connectivity index (χ0v) is 14.9. The smallest absolute Gasteiger partial charge is 0.270 e. The predicted octanol–water partition coefficient (Wildman–Crippen LogP) is 3.89. The van der Waals surface area contributed by atoms with Crippen LogP contribution in [-0.2, 0) is 41.1 Å². The molecule has 114 valence electrons. The molecule has 0 radical (unpaired) electrons. The van der Waals surface area contributed by atoms with E-state index >= 15 is 0 Å². The largest absolute Gasteiger partial charge is 0.271 e. The summed E-state index contributed by atoms with van der Waals surface area (Å²) in [6.07, 6.45) is 6.73. The van der Waals surface area contributed by atoms with Gasteiger partial charge in [0.25, 0.3) is 10.1 Å². The fourth-order valence-electron chi connectivity index (χ4n) is 1.89. The normalized spacial score (nSPS) is 11.1. The van der Waals surface area contributed by atoms with Crippen LogP contribution in [0.4, 0.5) is 0 Å². The van der Waals surface area contributed by atoms with Gasteiger partial charge in [-0.25, -0.2) is 0 Å². The molecule has 20 heavy (non-hydrogen) atoms. The van der Waals surface area contributed by atoms with Gasteiger partial charge in [0.15, 0.2) is 0 Å². The Bertz CT molecular complexity index is 432. The predicted molar refractivity (Wildman–Crippen MR) is 78.4 cm³/mol. The molecule has 1 aromatic carbocycles. The van der Waals surface area contributed by atoms with E-state index in [1.807, 2.05) is 18.2 Å². The van der Waals surface area contributed by atoms with Crippen molar-refractivity contribution in [1.82, 2.24) is 0 Å². The van der Waals surface area contributed by atoms with Crippen LogP contribution in [-0.4, -0.2) is 15.0 Å². The summed E-state index contributed by atoms with van der Waals surface area (Å²) in [5.41, 5.74) is 0.769. The van der Waals surface area contributed by atoms with Gasteiger partial charge in [-0.3, -0.25) is 4.18 Å². The average molecular weight is 380 g/mol. The van der Waals surface area contributed by atoms with Gasteiger partial charge in [-0.05, 0) is 12.0 Å². The van der Waals surface area contributed by atoms with E-state index < -0.39 is 10.1 Å². The SMILES string of the molecule is CCCCCCCCOS(=O)(=O)Cc1ccccc1.[Mo]. The van der Waals surface area contributed by atoms with Crippen LogP contribution in [0.25, 0.3) is 0 Å². The summed E-state index contributed by atoms with van der Waals surface area (Å²) in [5, 5.41) is 0. The van der Waals surface area contributed by atoms with Crippen LogP contribution >= 0.6 is 0 Å². The molecular weight excluding hydrogens is 356 g/mol. The minimum Gasteiger partial charge on any atom is -0.270 e. The van der Waals surface area contributed by atoms with E-state index in [1.54, 1.807) is 12.1 Å². The van der Waals surface area contributed by atoms with Crippen molar-refractivity contribution in [2.75, 3.05) is 6.61 Å². The summed E-state index contributed by atoms with van der Waals surface area (Å²) in [7, 11) is -3.43. The molecule has 0 atom stereocenters. The van der Waals surface area contributed by atoms with Crippen LogP contribution < -0.4 is 0 Å². The van der Waals surface area contributed by atoms with Crippen molar-refractivity contribution in [2.45, 2.75) is 51.2 Å². The molecule has 0 saturated carbocycles. The maximum Gasteiger partial charge on any atom is 0.271 e. The molecule has 0 saturated heterocycles. The van der Waals surface area contributed by atoms with Crippen LogP contribution in [0.3, 0.4) is 0 Å². The van der Waals surface area contributed by atoms with E-state index in [2.05, 4.69) is 6.92 Å². The van der Waals surface area contributed by atoms with Crippen molar-refractivity contribution in [3.05, 3.63) is 35.9 Å². The maximum absolute atomic E-state index is 11.7. The van der Waals surface area contributed by atoms with Gasteiger partial charge >= 0.3 is 0 Å². The topological polar surface area (TPSA) is 43.4 Å². The molecular formula is C15H24MoO3S. The molecule has 0 aliphatic rings. The summed E-state index contributed by atoms with van der Waals surface area (Å²) in [6.45, 7) is 2.49. The van der Waals surface area contributed by atoms with Crippen LogP contribution in [0, 0.1) is 0 Å². The fraction of sp³-hybridized carbons (Fsp3) is 0.600. The van der Waals surface area contributed by atoms with E-state index in [0.29, 0.717) is 6.61 Å². The van der Waals surface area contributed by atoms with Gasteiger partial charge in [0.1, 0.15) is 5.75 Å². The zero-order valence-electron chi connectivity index (χ0n) is 12.1. The molecule has 0 fully saturated rings. The third kappa shape index (κ3) is 9.68. The second-order valence-corrected chi connectivity index (χ2v) is 6.42. The van der Waals surface area contributed by atoms with Gasteiger partial charge in [0.2, 0.25) is 0 Å². The van der Waals surface area contributed by atoms with Gasteiger partial charge in [-0.15, -0.1) is 0 Å². The minimum atomic E-state index is -3.43. The van der Waals surface area contributed by atoms with Crippen molar-refractivity contribution < 1.29 is 33.7 Å². The molecule has 0 spiro atoms. The van der Waals surface area contributed by atoms with Crippen LogP contribution in [0.1, 0.15) is 51.0 Å². The van der Waals surface area contributed by atoms with Gasteiger partial charge in [0.05, 0.1) is 6.61 Å². The molecule has 1 aromatic rings. The standard InChI is InChI=1S/C15H24O3S.Mo/c1-2-3-4-5-6-10-13-18-19(16,17)14-15-11-8-7-9-12-15;/h7-9,11-12H,2-6,10,13-14H2,1H3;. The molecule has 1 rings (SSSR count). The Labute approximate surface area is 137 Å². The maximum atomic E-state index is 11.7. The van der Waals surface area contributed by atoms with Crippen molar-refractivity contribution in [2.24, 2.45) is 0 Å². The quantitative estimate of drug-likeness (QED) is 0.351. The molecule has 5 heteroatoms. The van der Waals surface area contributed by atoms with Crippen molar-refractivity contribution in [3.8, 4) is 0 Å². The summed E-state index contributed by atoms with van der Waals surface area (Å²) in [5.74, 6) is -0.0380. The molecule has 0 aliphatic carbocycles. The van der Waals surface area contributed by atoms with Gasteiger partial charge < -0.3 is 0 Å². The third-order valence-corrected chi connectivity index (χ3v) is 4.16. The Morgan fingerprint density at radius 2 is 1.55 bits per heavy atom. The Hall–Kier alpha value is -0.182. The first-order chi connectivity index (χ1) is 9.14. The third-order valence-electron chi connectivity index (χ3n) is 2.95. The Balaban J connectivity index is 0.00000361. The Kier molecular flexibility index (Phi) is 11.4. The van der Waals surface area contributed by atoms with Crippen molar-refractivity contribution in [1.29, 1.82) is 0 Å². The summed E-state index contributed by atoms with van der Waals surface area (Å²) < 4.78 is 28.4. The summed E-state index contributed by atoms with van der Waals surface area (Å²) in [4.78, 5) is 0. The van der Waals surface area contributed by atoms with E-state index in [0.717, 1.165) is 24.8 Å². The van der Waals surface area contributed by atoms with E-state index in [4.69, 9.17) is 4.18 Å². The van der Waals surface area contributed by atoms with E-state index in [9.17, 15) is 8.42 Å². The van der Waals surface area contributed by atoms with Crippen molar-refractivity contribution >= 4 is 10.1 Å². The molecule has 0 bridgehead atoms. The molecule has 0 amide bonds. The van der Waals surface area contributed by atoms with Crippen molar-refractivity contribution in [3.63, 3.8) is 0 Å². The minimum absolute atomic E-state index is 0. The molecule has 0 aliphatic heterocycles. The first-order valence-corrected chi connectivity index (χ1v) is 8.63. The monoisotopic (exact) mass is 382 g/mol. The molecule has 0 N–H and O–H groups in total. The molecule has 0 unspecified atom stereocenters. The number of hydrogen-bond acceptors (Lipinski definition) is 3. The van der Waals surface area contributed by atoms with Crippen LogP contribution in [0.5, 0.6) is 0 Å². The fourth-order valence-corrected chi connectivity index (χ4v) is 2.94. The molecule has 0 aromatic heterocycles. The molecule has 3 nitrogen and oxygen atoms in total. The first kappa shape index (κ1) is 19.8. The van der Waals surface area contributed by atoms with Gasteiger partial charge in [-0.2, -0.15) is 8.42 Å². The second kappa shape index (κ2) is 11.5. The number of rotatable bonds is 10. The van der Waals surface area contributed by atoms with E-state index in [1.165, 1.54) is 19.3 Å². The van der Waals surface area contributed by atoms with Crippen LogP contribution in [0.2, 0.25) is 0 Å². The average Bonchev–Trinajstić information content (AvgIpc) is 2.38. The Morgan fingerprint density at radius 1 is 0.950 bits per heavy atom. The number of hydrogen-bond donors (Lipinski definition) is 0. The summed E-state index contributed by atoms with van der Waals surface area (Å²) >= 11 is 0. The van der Waals surface area contributed by atoms with Gasteiger partial charge in [-0.1, -0.05) is 69.4 Å². The number of benzene rings is 1. The van der Waals surface area contributed by atoms with Gasteiger partial charge in [0, 0.05) is 21.1 Å². The zero-order chi connectivity index (χ0) is 14.0.